The molecule has 0 spiro atoms. The lowest BCUT2D eigenvalue weighted by atomic mass is 10.2. The van der Waals surface area contributed by atoms with Gasteiger partial charge in [-0.3, -0.25) is 4.79 Å². The van der Waals surface area contributed by atoms with Crippen molar-refractivity contribution in [2.24, 2.45) is 10.7 Å². The SMILES string of the molecule is CCC(=NC#N)N1CCCC1.CCCCS(C)(=O)=O.Cc1cccc(S(C)(=O)=O)c1.NC(=O)c1cccs1. The number of aryl methyl sites for hydroxylation is 1. The van der Waals surface area contributed by atoms with Crippen LogP contribution in [0.2, 0.25) is 0 Å². The molecule has 1 aliphatic heterocycles. The van der Waals surface area contributed by atoms with Crippen LogP contribution < -0.4 is 5.73 Å². The molecule has 1 saturated heterocycles. The van der Waals surface area contributed by atoms with Crippen molar-refractivity contribution in [1.82, 2.24) is 4.90 Å². The fourth-order valence-corrected chi connectivity index (χ4v) is 5.19. The number of sulfone groups is 2. The van der Waals surface area contributed by atoms with Gasteiger partial charge in [0, 0.05) is 37.8 Å². The summed E-state index contributed by atoms with van der Waals surface area (Å²) < 4.78 is 42.8. The molecule has 212 valence electrons. The molecule has 1 aliphatic rings. The van der Waals surface area contributed by atoms with Crippen molar-refractivity contribution >= 4 is 42.8 Å². The van der Waals surface area contributed by atoms with Crippen molar-refractivity contribution in [1.29, 1.82) is 5.26 Å². The van der Waals surface area contributed by atoms with Crippen LogP contribution in [0.1, 0.15) is 61.2 Å². The molecule has 1 amide bonds. The van der Waals surface area contributed by atoms with Crippen molar-refractivity contribution < 1.29 is 21.6 Å². The average molecular weight is 585 g/mol. The van der Waals surface area contributed by atoms with Crippen molar-refractivity contribution in [2.75, 3.05) is 31.4 Å². The standard InChI is InChI=1S/C8H13N3.C8H10O2S.C5H5NOS.C5H12O2S/c1-2-8(10-7-9)11-5-3-4-6-11;1-7-4-3-5-8(6-7)11(2,9)10;6-5(7)4-2-1-3-8-4;1-3-4-5-8(2,6)7/h2-6H2,1H3;3-6H,1-2H3;1-3H,(H2,6,7);3-5H2,1-2H3. The number of unbranched alkanes of at least 4 members (excludes halogenated alkanes) is 1. The monoisotopic (exact) mass is 584 g/mol. The maximum absolute atomic E-state index is 11.0. The molecule has 0 unspecified atom stereocenters. The molecule has 1 aromatic heterocycles. The average Bonchev–Trinajstić information content (AvgIpc) is 3.56. The fourth-order valence-electron chi connectivity index (χ4n) is 3.08. The van der Waals surface area contributed by atoms with E-state index in [2.05, 4.69) is 9.89 Å². The van der Waals surface area contributed by atoms with Crippen LogP contribution in [0.15, 0.2) is 51.7 Å². The molecule has 0 saturated carbocycles. The Kier molecular flexibility index (Phi) is 17.2. The third-order valence-electron chi connectivity index (χ3n) is 5.02. The summed E-state index contributed by atoms with van der Waals surface area (Å²) in [5.41, 5.74) is 5.90. The van der Waals surface area contributed by atoms with Crippen molar-refractivity contribution in [3.63, 3.8) is 0 Å². The van der Waals surface area contributed by atoms with Gasteiger partial charge in [-0.2, -0.15) is 10.3 Å². The number of carbonyl (C=O) groups excluding carboxylic acids is 1. The van der Waals surface area contributed by atoms with Gasteiger partial charge in [0.2, 0.25) is 6.19 Å². The van der Waals surface area contributed by atoms with Gasteiger partial charge in [-0.1, -0.05) is 38.5 Å². The first-order valence-corrected chi connectivity index (χ1v) is 17.1. The Morgan fingerprint density at radius 2 is 1.74 bits per heavy atom. The zero-order chi connectivity index (χ0) is 29.2. The third-order valence-corrected chi connectivity index (χ3v) is 8.04. The molecule has 0 radical (unpaired) electrons. The highest BCUT2D eigenvalue weighted by Gasteiger charge is 2.14. The minimum Gasteiger partial charge on any atom is -0.365 e. The van der Waals surface area contributed by atoms with Crippen molar-refractivity contribution in [2.45, 2.75) is 57.8 Å². The number of amides is 1. The number of hydrogen-bond acceptors (Lipinski definition) is 8. The van der Waals surface area contributed by atoms with Gasteiger partial charge >= 0.3 is 0 Å². The van der Waals surface area contributed by atoms with Gasteiger partial charge in [0.05, 0.1) is 9.77 Å². The van der Waals surface area contributed by atoms with E-state index in [1.165, 1.54) is 36.7 Å². The van der Waals surface area contributed by atoms with Gasteiger partial charge in [-0.15, -0.1) is 11.3 Å². The molecular formula is C26H40N4O5S3. The van der Waals surface area contributed by atoms with Gasteiger partial charge in [-0.05, 0) is 55.3 Å². The summed E-state index contributed by atoms with van der Waals surface area (Å²) in [5.74, 6) is 0.939. The molecule has 1 aromatic carbocycles. The number of rotatable bonds is 6. The molecule has 2 N–H and O–H groups in total. The van der Waals surface area contributed by atoms with Crippen molar-refractivity contribution in [3.8, 4) is 6.19 Å². The number of primary amides is 1. The second-order valence-corrected chi connectivity index (χ2v) is 13.8. The number of likely N-dealkylation sites (tertiary alicyclic amines) is 1. The molecular weight excluding hydrogens is 545 g/mol. The molecule has 3 rings (SSSR count). The van der Waals surface area contributed by atoms with E-state index in [-0.39, 0.29) is 5.91 Å². The van der Waals surface area contributed by atoms with Gasteiger partial charge in [0.15, 0.2) is 9.84 Å². The lowest BCUT2D eigenvalue weighted by Gasteiger charge is -2.16. The number of thiophene rings is 1. The summed E-state index contributed by atoms with van der Waals surface area (Å²) in [6, 6.07) is 10.4. The second kappa shape index (κ2) is 18.5. The highest BCUT2D eigenvalue weighted by molar-refractivity contribution is 7.91. The number of nitriles is 1. The lowest BCUT2D eigenvalue weighted by Crippen LogP contribution is -2.26. The fraction of sp³-hybridized carbons (Fsp3) is 0.500. The number of nitrogens with zero attached hydrogens (tertiary/aromatic N) is 3. The predicted octanol–water partition coefficient (Wildman–Crippen LogP) is 4.45. The Hall–Kier alpha value is -2.75. The first-order valence-electron chi connectivity index (χ1n) is 12.2. The number of amidine groups is 1. The summed E-state index contributed by atoms with van der Waals surface area (Å²) in [7, 11) is -5.71. The summed E-state index contributed by atoms with van der Waals surface area (Å²) in [6.07, 6.45) is 9.41. The minimum atomic E-state index is -3.03. The quantitative estimate of drug-likeness (QED) is 0.299. The molecule has 0 bridgehead atoms. The van der Waals surface area contributed by atoms with Crippen LogP contribution in [0.3, 0.4) is 0 Å². The second-order valence-electron chi connectivity index (χ2n) is 8.59. The molecule has 2 heterocycles. The first kappa shape index (κ1) is 35.2. The maximum atomic E-state index is 11.0. The molecule has 1 fully saturated rings. The van der Waals surface area contributed by atoms with Crippen LogP contribution in [0.25, 0.3) is 0 Å². The van der Waals surface area contributed by atoms with Gasteiger partial charge in [0.1, 0.15) is 15.7 Å². The highest BCUT2D eigenvalue weighted by atomic mass is 32.2. The Balaban J connectivity index is 0.000000486. The van der Waals surface area contributed by atoms with E-state index in [0.29, 0.717) is 15.5 Å². The van der Waals surface area contributed by atoms with E-state index in [1.807, 2.05) is 38.4 Å². The molecule has 0 aliphatic carbocycles. The Labute approximate surface area is 232 Å². The Morgan fingerprint density at radius 3 is 2.05 bits per heavy atom. The number of hydrogen-bond donors (Lipinski definition) is 1. The van der Waals surface area contributed by atoms with Gasteiger partial charge in [0.25, 0.3) is 5.91 Å². The number of benzene rings is 1. The predicted molar refractivity (Wildman–Crippen MR) is 156 cm³/mol. The lowest BCUT2D eigenvalue weighted by molar-refractivity contribution is 0.100. The minimum absolute atomic E-state index is 0.337. The molecule has 9 nitrogen and oxygen atoms in total. The van der Waals surface area contributed by atoms with Crippen LogP contribution in [-0.4, -0.2) is 64.8 Å². The van der Waals surface area contributed by atoms with Gasteiger partial charge in [-0.25, -0.2) is 16.8 Å². The van der Waals surface area contributed by atoms with Gasteiger partial charge < -0.3 is 10.6 Å². The molecule has 12 heteroatoms. The zero-order valence-corrected chi connectivity index (χ0v) is 25.3. The smallest absolute Gasteiger partial charge is 0.258 e. The molecule has 2 aromatic rings. The number of nitrogens with two attached hydrogens (primary N) is 1. The van der Waals surface area contributed by atoms with Crippen molar-refractivity contribution in [3.05, 3.63) is 52.2 Å². The summed E-state index contributed by atoms with van der Waals surface area (Å²) >= 11 is 1.36. The first-order chi connectivity index (χ1) is 17.7. The normalized spacial score (nSPS) is 13.1. The maximum Gasteiger partial charge on any atom is 0.258 e. The summed E-state index contributed by atoms with van der Waals surface area (Å²) in [4.78, 5) is 17.3. The molecule has 0 atom stereocenters. The van der Waals surface area contributed by atoms with Crippen LogP contribution in [0, 0.1) is 18.4 Å². The number of carbonyl (C=O) groups is 1. The number of aliphatic imine (C=N–C) groups is 1. The van der Waals surface area contributed by atoms with Crippen LogP contribution in [0.5, 0.6) is 0 Å². The van der Waals surface area contributed by atoms with Crippen LogP contribution >= 0.6 is 11.3 Å². The van der Waals surface area contributed by atoms with E-state index in [9.17, 15) is 21.6 Å². The Morgan fingerprint density at radius 1 is 1.11 bits per heavy atom. The van der Waals surface area contributed by atoms with Crippen LogP contribution in [0.4, 0.5) is 0 Å². The zero-order valence-electron chi connectivity index (χ0n) is 22.9. The van der Waals surface area contributed by atoms with E-state index < -0.39 is 19.7 Å². The molecule has 38 heavy (non-hydrogen) atoms. The highest BCUT2D eigenvalue weighted by Crippen LogP contribution is 2.10. The van der Waals surface area contributed by atoms with E-state index in [1.54, 1.807) is 30.3 Å². The third kappa shape index (κ3) is 16.9. The Bertz CT molecular complexity index is 1240. The summed E-state index contributed by atoms with van der Waals surface area (Å²) in [5, 5.41) is 10.2. The topological polar surface area (TPSA) is 151 Å². The largest absolute Gasteiger partial charge is 0.365 e. The van der Waals surface area contributed by atoms with E-state index in [0.717, 1.165) is 43.8 Å². The van der Waals surface area contributed by atoms with E-state index >= 15 is 0 Å². The van der Waals surface area contributed by atoms with Crippen LogP contribution in [-0.2, 0) is 19.7 Å². The summed E-state index contributed by atoms with van der Waals surface area (Å²) in [6.45, 7) is 8.04. The van der Waals surface area contributed by atoms with E-state index in [4.69, 9.17) is 11.0 Å².